The lowest BCUT2D eigenvalue weighted by Crippen LogP contribution is -2.24. The van der Waals surface area contributed by atoms with Gasteiger partial charge < -0.3 is 14.0 Å². The van der Waals surface area contributed by atoms with Crippen LogP contribution in [-0.2, 0) is 14.0 Å². The van der Waals surface area contributed by atoms with E-state index in [0.717, 1.165) is 0 Å². The molecule has 1 unspecified atom stereocenters. The summed E-state index contributed by atoms with van der Waals surface area (Å²) in [5.74, 6) is -11.0. The number of ether oxygens (including phenoxy) is 2. The first kappa shape index (κ1) is 14.3. The normalized spacial score (nSPS) is 21.6. The molecule has 1 aliphatic heterocycles. The molecular formula is C6H5F6O4P. The Bertz CT molecular complexity index is 275. The number of hydrogen-bond donors (Lipinski definition) is 0. The summed E-state index contributed by atoms with van der Waals surface area (Å²) in [7, 11) is -4.62. The van der Waals surface area contributed by atoms with Crippen LogP contribution in [0.25, 0.3) is 0 Å². The van der Waals surface area contributed by atoms with E-state index in [1.807, 2.05) is 0 Å². The zero-order chi connectivity index (χ0) is 13.3. The molecule has 0 N–H and O–H groups in total. The Labute approximate surface area is 91.6 Å². The van der Waals surface area contributed by atoms with E-state index in [1.54, 1.807) is 0 Å². The lowest BCUT2D eigenvalue weighted by Gasteiger charge is -2.22. The summed E-state index contributed by atoms with van der Waals surface area (Å²) >= 11 is 0. The molecule has 1 rings (SSSR count). The summed E-state index contributed by atoms with van der Waals surface area (Å²) in [6.45, 7) is -1.45. The molecule has 0 aromatic carbocycles. The van der Waals surface area contributed by atoms with Crippen molar-refractivity contribution in [1.82, 2.24) is 0 Å². The second-order valence-electron chi connectivity index (χ2n) is 2.83. The minimum atomic E-state index is -5.52. The maximum atomic E-state index is 12.0. The molecular weight excluding hydrogens is 281 g/mol. The molecule has 1 fully saturated rings. The molecule has 0 amide bonds. The zero-order valence-corrected chi connectivity index (χ0v) is 8.73. The molecule has 0 saturated carbocycles. The number of cyclic esters (lactones) is 2. The van der Waals surface area contributed by atoms with Crippen molar-refractivity contribution >= 4 is 14.3 Å². The van der Waals surface area contributed by atoms with Crippen molar-refractivity contribution in [2.75, 3.05) is 13.2 Å². The smallest absolute Gasteiger partial charge is 0.430 e. The molecule has 0 bridgehead atoms. The second kappa shape index (κ2) is 4.85. The van der Waals surface area contributed by atoms with Crippen LogP contribution >= 0.6 is 8.15 Å². The largest absolute Gasteiger partial charge is 0.508 e. The number of alkyl halides is 6. The van der Waals surface area contributed by atoms with Crippen molar-refractivity contribution in [3.8, 4) is 0 Å². The summed E-state index contributed by atoms with van der Waals surface area (Å²) in [6.07, 6.45) is -2.40. The fourth-order valence-corrected chi connectivity index (χ4v) is 1.79. The number of carbonyl (C=O) groups is 1. The van der Waals surface area contributed by atoms with Crippen molar-refractivity contribution in [2.24, 2.45) is 0 Å². The summed E-state index contributed by atoms with van der Waals surface area (Å²) in [4.78, 5) is 10.4. The van der Waals surface area contributed by atoms with Crippen LogP contribution in [0.1, 0.15) is 0 Å². The standard InChI is InChI=1S/C6H5F6O4P/c7-5(8,9)17(6(10,11)12)15-2-3-1-14-4(13)16-3/h3H,1-2H2. The van der Waals surface area contributed by atoms with Gasteiger partial charge in [0.1, 0.15) is 6.61 Å². The lowest BCUT2D eigenvalue weighted by atomic mass is 10.4. The average Bonchev–Trinajstić information content (AvgIpc) is 2.46. The van der Waals surface area contributed by atoms with Crippen LogP contribution in [0.3, 0.4) is 0 Å². The van der Waals surface area contributed by atoms with Gasteiger partial charge in [0, 0.05) is 0 Å². The Morgan fingerprint density at radius 1 is 1.24 bits per heavy atom. The molecule has 0 aromatic heterocycles. The van der Waals surface area contributed by atoms with Gasteiger partial charge in [-0.05, 0) is 0 Å². The predicted molar refractivity (Wildman–Crippen MR) is 41.2 cm³/mol. The van der Waals surface area contributed by atoms with Gasteiger partial charge in [-0.3, -0.25) is 0 Å². The van der Waals surface area contributed by atoms with E-state index in [-0.39, 0.29) is 0 Å². The Hall–Kier alpha value is -0.760. The van der Waals surface area contributed by atoms with E-state index in [0.29, 0.717) is 0 Å². The van der Waals surface area contributed by atoms with Crippen molar-refractivity contribution < 1.29 is 45.1 Å². The number of rotatable bonds is 3. The average molecular weight is 286 g/mol. The minimum Gasteiger partial charge on any atom is -0.430 e. The first-order valence-corrected chi connectivity index (χ1v) is 5.27. The van der Waals surface area contributed by atoms with Crippen molar-refractivity contribution in [3.05, 3.63) is 0 Å². The van der Waals surface area contributed by atoms with Crippen molar-refractivity contribution in [2.45, 2.75) is 17.9 Å². The second-order valence-corrected chi connectivity index (χ2v) is 4.69. The Balaban J connectivity index is 2.54. The molecule has 100 valence electrons. The lowest BCUT2D eigenvalue weighted by molar-refractivity contribution is -0.100. The van der Waals surface area contributed by atoms with E-state index >= 15 is 0 Å². The summed E-state index contributed by atoms with van der Waals surface area (Å²) in [6, 6.07) is 0. The van der Waals surface area contributed by atoms with Crippen LogP contribution in [0.2, 0.25) is 0 Å². The highest BCUT2D eigenvalue weighted by Gasteiger charge is 2.59. The SMILES string of the molecule is O=C1OCC(COP(C(F)(F)F)C(F)(F)F)O1. The molecule has 1 heterocycles. The van der Waals surface area contributed by atoms with Gasteiger partial charge in [0.2, 0.25) is 0 Å². The highest BCUT2D eigenvalue weighted by atomic mass is 31.1. The third kappa shape index (κ3) is 4.19. The molecule has 0 aromatic rings. The van der Waals surface area contributed by atoms with Crippen LogP contribution < -0.4 is 0 Å². The van der Waals surface area contributed by atoms with Gasteiger partial charge in [-0.25, -0.2) is 4.79 Å². The van der Waals surface area contributed by atoms with E-state index in [1.165, 1.54) is 0 Å². The van der Waals surface area contributed by atoms with Crippen LogP contribution in [-0.4, -0.2) is 37.3 Å². The van der Waals surface area contributed by atoms with Gasteiger partial charge in [0.15, 0.2) is 6.10 Å². The van der Waals surface area contributed by atoms with Crippen LogP contribution in [0.5, 0.6) is 0 Å². The van der Waals surface area contributed by atoms with Gasteiger partial charge in [-0.1, -0.05) is 0 Å². The third-order valence-electron chi connectivity index (χ3n) is 1.50. The Morgan fingerprint density at radius 3 is 2.12 bits per heavy atom. The maximum absolute atomic E-state index is 12.0. The molecule has 11 heteroatoms. The van der Waals surface area contributed by atoms with E-state index in [4.69, 9.17) is 0 Å². The first-order valence-electron chi connectivity index (χ1n) is 4.01. The molecule has 1 aliphatic rings. The molecule has 1 atom stereocenters. The molecule has 0 aliphatic carbocycles. The highest BCUT2D eigenvalue weighted by molar-refractivity contribution is 7.54. The summed E-state index contributed by atoms with van der Waals surface area (Å²) < 4.78 is 84.2. The monoisotopic (exact) mass is 286 g/mol. The van der Waals surface area contributed by atoms with E-state index in [9.17, 15) is 31.1 Å². The number of carbonyl (C=O) groups excluding carboxylic acids is 1. The molecule has 17 heavy (non-hydrogen) atoms. The van der Waals surface area contributed by atoms with E-state index in [2.05, 4.69) is 14.0 Å². The summed E-state index contributed by atoms with van der Waals surface area (Å²) in [5.41, 5.74) is 0. The zero-order valence-electron chi connectivity index (χ0n) is 7.84. The Morgan fingerprint density at radius 2 is 1.76 bits per heavy atom. The van der Waals surface area contributed by atoms with E-state index < -0.39 is 45.5 Å². The van der Waals surface area contributed by atoms with Gasteiger partial charge >= 0.3 is 18.0 Å². The molecule has 0 radical (unpaired) electrons. The fourth-order valence-electron chi connectivity index (χ4n) is 0.895. The van der Waals surface area contributed by atoms with Gasteiger partial charge in [0.25, 0.3) is 8.15 Å². The van der Waals surface area contributed by atoms with Crippen LogP contribution in [0.15, 0.2) is 0 Å². The van der Waals surface area contributed by atoms with Crippen LogP contribution in [0, 0.1) is 0 Å². The van der Waals surface area contributed by atoms with Crippen LogP contribution in [0.4, 0.5) is 31.1 Å². The van der Waals surface area contributed by atoms with Gasteiger partial charge in [-0.2, -0.15) is 26.3 Å². The van der Waals surface area contributed by atoms with Crippen molar-refractivity contribution in [3.63, 3.8) is 0 Å². The highest BCUT2D eigenvalue weighted by Crippen LogP contribution is 2.65. The third-order valence-corrected chi connectivity index (χ3v) is 2.83. The first-order chi connectivity index (χ1) is 7.60. The quantitative estimate of drug-likeness (QED) is 0.454. The summed E-state index contributed by atoms with van der Waals surface area (Å²) in [5, 5.41) is 0. The molecule has 1 saturated heterocycles. The molecule has 0 spiro atoms. The van der Waals surface area contributed by atoms with Gasteiger partial charge in [-0.15, -0.1) is 0 Å². The van der Waals surface area contributed by atoms with Gasteiger partial charge in [0.05, 0.1) is 6.61 Å². The number of halogens is 6. The minimum absolute atomic E-state index is 0.433. The van der Waals surface area contributed by atoms with Crippen molar-refractivity contribution in [1.29, 1.82) is 0 Å². The predicted octanol–water partition coefficient (Wildman–Crippen LogP) is 2.97. The Kier molecular flexibility index (Phi) is 4.08. The topological polar surface area (TPSA) is 44.8 Å². The number of hydrogen-bond acceptors (Lipinski definition) is 4. The maximum Gasteiger partial charge on any atom is 0.508 e. The fraction of sp³-hybridized carbons (Fsp3) is 0.833. The molecule has 4 nitrogen and oxygen atoms in total.